The monoisotopic (exact) mass is 461 g/mol. The van der Waals surface area contributed by atoms with Gasteiger partial charge in [0, 0.05) is 10.7 Å². The molecule has 0 aliphatic carbocycles. The molecule has 0 saturated carbocycles. The molecule has 0 spiro atoms. The number of benzene rings is 3. The van der Waals surface area contributed by atoms with Gasteiger partial charge in [-0.15, -0.1) is 0 Å². The van der Waals surface area contributed by atoms with Crippen molar-refractivity contribution in [1.82, 2.24) is 0 Å². The highest BCUT2D eigenvalue weighted by Gasteiger charge is 2.19. The van der Waals surface area contributed by atoms with Crippen molar-refractivity contribution in [2.24, 2.45) is 0 Å². The summed E-state index contributed by atoms with van der Waals surface area (Å²) in [4.78, 5) is -0.158. The molecule has 3 aromatic rings. The predicted octanol–water partition coefficient (Wildman–Crippen LogP) is 4.12. The molecule has 3 rings (SSSR count). The lowest BCUT2D eigenvalue weighted by Crippen LogP contribution is -2.16. The van der Waals surface area contributed by atoms with E-state index in [0.29, 0.717) is 21.8 Å². The summed E-state index contributed by atoms with van der Waals surface area (Å²) < 4.78 is 55.6. The van der Waals surface area contributed by atoms with Crippen LogP contribution < -0.4 is 9.44 Å². The van der Waals surface area contributed by atoms with Crippen LogP contribution in [0.2, 0.25) is 5.02 Å². The summed E-state index contributed by atoms with van der Waals surface area (Å²) in [5, 5.41) is 9.31. The van der Waals surface area contributed by atoms with Crippen LogP contribution in [-0.2, 0) is 20.0 Å². The van der Waals surface area contributed by atoms with E-state index in [1.807, 2.05) is 6.07 Å². The van der Waals surface area contributed by atoms with Crippen LogP contribution in [0.3, 0.4) is 0 Å². The van der Waals surface area contributed by atoms with Crippen LogP contribution in [0.1, 0.15) is 11.1 Å². The fourth-order valence-corrected chi connectivity index (χ4v) is 4.85. The smallest absolute Gasteiger partial charge is 0.261 e. The van der Waals surface area contributed by atoms with E-state index in [-0.39, 0.29) is 15.5 Å². The Hall–Kier alpha value is -3.06. The number of halogens is 1. The first-order valence-corrected chi connectivity index (χ1v) is 11.9. The Morgan fingerprint density at radius 1 is 0.800 bits per heavy atom. The molecule has 0 aliphatic heterocycles. The molecule has 10 heteroatoms. The fourth-order valence-electron chi connectivity index (χ4n) is 2.52. The van der Waals surface area contributed by atoms with Gasteiger partial charge in [-0.1, -0.05) is 17.7 Å². The second-order valence-electron chi connectivity index (χ2n) is 6.33. The molecule has 0 aromatic heterocycles. The quantitative estimate of drug-likeness (QED) is 0.572. The number of rotatable bonds is 6. The van der Waals surface area contributed by atoms with Crippen LogP contribution in [0.5, 0.6) is 0 Å². The number of nitrogens with zero attached hydrogens (tertiary/aromatic N) is 1. The maximum absolute atomic E-state index is 12.7. The summed E-state index contributed by atoms with van der Waals surface area (Å²) in [5.41, 5.74) is 1.31. The van der Waals surface area contributed by atoms with E-state index in [9.17, 15) is 16.8 Å². The third-order valence-corrected chi connectivity index (χ3v) is 7.17. The SMILES string of the molecule is Cc1ccc(S(=O)(=O)Nc2ccc(Cl)cc2)cc1NS(=O)(=O)c1ccc(C#N)cc1. The zero-order valence-electron chi connectivity index (χ0n) is 15.6. The van der Waals surface area contributed by atoms with E-state index >= 15 is 0 Å². The zero-order chi connectivity index (χ0) is 21.9. The lowest BCUT2D eigenvalue weighted by atomic mass is 10.2. The van der Waals surface area contributed by atoms with Crippen LogP contribution in [0.25, 0.3) is 0 Å². The molecule has 2 N–H and O–H groups in total. The van der Waals surface area contributed by atoms with E-state index in [4.69, 9.17) is 16.9 Å². The van der Waals surface area contributed by atoms with Gasteiger partial charge in [-0.25, -0.2) is 16.8 Å². The summed E-state index contributed by atoms with van der Waals surface area (Å²) in [6, 6.07) is 17.6. The topological polar surface area (TPSA) is 116 Å². The highest BCUT2D eigenvalue weighted by molar-refractivity contribution is 7.93. The minimum atomic E-state index is -3.98. The maximum atomic E-state index is 12.7. The molecule has 0 aliphatic rings. The van der Waals surface area contributed by atoms with E-state index in [1.54, 1.807) is 19.1 Å². The number of anilines is 2. The van der Waals surface area contributed by atoms with Gasteiger partial charge in [-0.2, -0.15) is 5.26 Å². The van der Waals surface area contributed by atoms with Gasteiger partial charge >= 0.3 is 0 Å². The van der Waals surface area contributed by atoms with Gasteiger partial charge in [0.25, 0.3) is 20.0 Å². The van der Waals surface area contributed by atoms with Gasteiger partial charge in [0.2, 0.25) is 0 Å². The van der Waals surface area contributed by atoms with Crippen molar-refractivity contribution >= 4 is 43.0 Å². The number of nitrogens with one attached hydrogen (secondary N) is 2. The van der Waals surface area contributed by atoms with E-state index in [1.165, 1.54) is 54.6 Å². The Labute approximate surface area is 180 Å². The molecule has 30 heavy (non-hydrogen) atoms. The molecule has 0 atom stereocenters. The Kier molecular flexibility index (Phi) is 6.03. The normalized spacial score (nSPS) is 11.5. The molecule has 0 fully saturated rings. The van der Waals surface area contributed by atoms with E-state index in [2.05, 4.69) is 9.44 Å². The Morgan fingerprint density at radius 2 is 1.37 bits per heavy atom. The molecule has 154 valence electrons. The summed E-state index contributed by atoms with van der Waals surface area (Å²) in [7, 11) is -7.93. The van der Waals surface area contributed by atoms with Gasteiger partial charge in [0.15, 0.2) is 0 Å². The Bertz CT molecular complexity index is 1330. The molecule has 0 unspecified atom stereocenters. The molecule has 3 aromatic carbocycles. The number of hydrogen-bond donors (Lipinski definition) is 2. The highest BCUT2D eigenvalue weighted by atomic mass is 35.5. The van der Waals surface area contributed by atoms with Gasteiger partial charge < -0.3 is 0 Å². The van der Waals surface area contributed by atoms with Crippen LogP contribution in [0, 0.1) is 18.3 Å². The summed E-state index contributed by atoms with van der Waals surface area (Å²) >= 11 is 5.81. The van der Waals surface area contributed by atoms with Gasteiger partial charge in [-0.05, 0) is 73.2 Å². The van der Waals surface area contributed by atoms with Crippen LogP contribution in [0.4, 0.5) is 11.4 Å². The molecule has 0 bridgehead atoms. The minimum absolute atomic E-state index is 0.0477. The van der Waals surface area contributed by atoms with Gasteiger partial charge in [0.05, 0.1) is 27.1 Å². The fraction of sp³-hybridized carbons (Fsp3) is 0.0500. The third kappa shape index (κ3) is 4.91. The van der Waals surface area contributed by atoms with E-state index in [0.717, 1.165) is 0 Å². The summed E-state index contributed by atoms with van der Waals surface area (Å²) in [5.74, 6) is 0. The average molecular weight is 462 g/mol. The standard InChI is InChI=1S/C20H16ClN3O4S2/c1-14-2-9-19(30(27,28)23-17-7-5-16(21)6-8-17)12-20(14)24-29(25,26)18-10-3-15(13-22)4-11-18/h2-12,23-24H,1H3. The summed E-state index contributed by atoms with van der Waals surface area (Å²) in [6.07, 6.45) is 0. The van der Waals surface area contributed by atoms with Crippen molar-refractivity contribution in [3.8, 4) is 6.07 Å². The number of nitriles is 1. The maximum Gasteiger partial charge on any atom is 0.261 e. The first-order chi connectivity index (χ1) is 14.1. The van der Waals surface area contributed by atoms with Crippen molar-refractivity contribution < 1.29 is 16.8 Å². The second kappa shape index (κ2) is 8.36. The number of sulfonamides is 2. The molecular formula is C20H16ClN3O4S2. The van der Waals surface area contributed by atoms with Crippen molar-refractivity contribution in [2.45, 2.75) is 16.7 Å². The number of hydrogen-bond acceptors (Lipinski definition) is 5. The summed E-state index contributed by atoms with van der Waals surface area (Å²) in [6.45, 7) is 1.65. The van der Waals surface area contributed by atoms with Crippen LogP contribution in [0.15, 0.2) is 76.5 Å². The van der Waals surface area contributed by atoms with Crippen molar-refractivity contribution in [2.75, 3.05) is 9.44 Å². The van der Waals surface area contributed by atoms with E-state index < -0.39 is 20.0 Å². The molecule has 0 radical (unpaired) electrons. The molecule has 7 nitrogen and oxygen atoms in total. The Morgan fingerprint density at radius 3 is 1.97 bits per heavy atom. The first kappa shape index (κ1) is 21.6. The third-order valence-electron chi connectivity index (χ3n) is 4.15. The average Bonchev–Trinajstić information content (AvgIpc) is 2.71. The van der Waals surface area contributed by atoms with Crippen LogP contribution in [-0.4, -0.2) is 16.8 Å². The zero-order valence-corrected chi connectivity index (χ0v) is 18.0. The second-order valence-corrected chi connectivity index (χ2v) is 10.1. The number of aryl methyl sites for hydroxylation is 1. The lowest BCUT2D eigenvalue weighted by Gasteiger charge is -2.13. The van der Waals surface area contributed by atoms with Gasteiger partial charge in [-0.3, -0.25) is 9.44 Å². The van der Waals surface area contributed by atoms with Crippen molar-refractivity contribution in [3.63, 3.8) is 0 Å². The molecule has 0 heterocycles. The van der Waals surface area contributed by atoms with Crippen LogP contribution >= 0.6 is 11.6 Å². The van der Waals surface area contributed by atoms with Gasteiger partial charge in [0.1, 0.15) is 0 Å². The molecular weight excluding hydrogens is 446 g/mol. The molecule has 0 amide bonds. The first-order valence-electron chi connectivity index (χ1n) is 8.53. The largest absolute Gasteiger partial charge is 0.280 e. The Balaban J connectivity index is 1.90. The predicted molar refractivity (Wildman–Crippen MR) is 115 cm³/mol. The molecule has 0 saturated heterocycles. The minimum Gasteiger partial charge on any atom is -0.280 e. The lowest BCUT2D eigenvalue weighted by molar-refractivity contribution is 0.598. The van der Waals surface area contributed by atoms with Crippen molar-refractivity contribution in [1.29, 1.82) is 5.26 Å². The van der Waals surface area contributed by atoms with Crippen molar-refractivity contribution in [3.05, 3.63) is 82.9 Å². The highest BCUT2D eigenvalue weighted by Crippen LogP contribution is 2.25.